The van der Waals surface area contributed by atoms with E-state index in [-0.39, 0.29) is 43.1 Å². The Kier molecular flexibility index (Phi) is 12.6. The van der Waals surface area contributed by atoms with Gasteiger partial charge in [-0.1, -0.05) is 182 Å². The summed E-state index contributed by atoms with van der Waals surface area (Å²) in [7, 11) is 0. The van der Waals surface area contributed by atoms with E-state index in [2.05, 4.69) is 206 Å². The molecule has 4 nitrogen and oxygen atoms in total. The van der Waals surface area contributed by atoms with Crippen molar-refractivity contribution in [2.75, 3.05) is 4.90 Å². The van der Waals surface area contributed by atoms with Crippen molar-refractivity contribution < 1.29 is 26.2 Å². The zero-order chi connectivity index (χ0) is 42.9. The molecule has 0 fully saturated rings. The molecule has 6 aromatic carbocycles. The number of hydrogen-bond donors (Lipinski definition) is 1. The first kappa shape index (κ1) is 44.0. The van der Waals surface area contributed by atoms with E-state index in [9.17, 15) is 5.11 Å². The van der Waals surface area contributed by atoms with Gasteiger partial charge in [0.25, 0.3) is 0 Å². The number of hydrogen-bond acceptors (Lipinski definition) is 4. The summed E-state index contributed by atoms with van der Waals surface area (Å²) >= 11 is 0. The maximum atomic E-state index is 12.1. The van der Waals surface area contributed by atoms with Crippen molar-refractivity contribution in [3.8, 4) is 50.5 Å². The van der Waals surface area contributed by atoms with Crippen molar-refractivity contribution in [2.24, 2.45) is 0 Å². The van der Waals surface area contributed by atoms with Crippen LogP contribution in [0, 0.1) is 6.07 Å². The predicted octanol–water partition coefficient (Wildman–Crippen LogP) is 15.0. The summed E-state index contributed by atoms with van der Waals surface area (Å²) in [6, 6.07) is 63.0. The average molecular weight is 992 g/mol. The van der Waals surface area contributed by atoms with Crippen molar-refractivity contribution >= 4 is 17.2 Å². The molecule has 0 amide bonds. The number of rotatable bonds is 9. The zero-order valence-corrected chi connectivity index (χ0v) is 39.1. The van der Waals surface area contributed by atoms with Gasteiger partial charge in [0, 0.05) is 49.5 Å². The summed E-state index contributed by atoms with van der Waals surface area (Å²) in [6.45, 7) is 17.6. The molecule has 0 bridgehead atoms. The van der Waals surface area contributed by atoms with Crippen LogP contribution in [0.3, 0.4) is 0 Å². The molecule has 0 atom stereocenters. The Morgan fingerprint density at radius 1 is 0.500 bits per heavy atom. The first-order chi connectivity index (χ1) is 29.2. The number of nitrogens with zero attached hydrogens (tertiary/aromatic N) is 3. The van der Waals surface area contributed by atoms with Crippen molar-refractivity contribution in [1.29, 1.82) is 0 Å². The molecule has 5 heteroatoms. The van der Waals surface area contributed by atoms with E-state index < -0.39 is 0 Å². The van der Waals surface area contributed by atoms with Crippen LogP contribution in [-0.2, 0) is 37.3 Å². The van der Waals surface area contributed by atoms with Gasteiger partial charge in [-0.3, -0.25) is 4.98 Å². The van der Waals surface area contributed by atoms with Gasteiger partial charge in [0.15, 0.2) is 0 Å². The number of aromatic hydroxyl groups is 1. The van der Waals surface area contributed by atoms with E-state index in [1.807, 2.05) is 36.5 Å². The number of phenols is 1. The first-order valence-electron chi connectivity index (χ1n) is 21.1. The summed E-state index contributed by atoms with van der Waals surface area (Å²) in [5.41, 5.74) is 12.8. The Morgan fingerprint density at radius 3 is 1.61 bits per heavy atom. The maximum absolute atomic E-state index is 12.1. The average Bonchev–Trinajstić information content (AvgIpc) is 3.27. The Labute approximate surface area is 382 Å². The number of phenolic OH excluding ortho intramolecular Hbond substituents is 1. The molecular weight excluding hydrogens is 938 g/mol. The van der Waals surface area contributed by atoms with Gasteiger partial charge in [-0.2, -0.15) is 0 Å². The van der Waals surface area contributed by atoms with Crippen LogP contribution in [0.1, 0.15) is 77.6 Å². The van der Waals surface area contributed by atoms with Gasteiger partial charge in [0.05, 0.1) is 5.69 Å². The minimum absolute atomic E-state index is 0. The SMILES string of the molecule is CC(C)(C)c1cc(-c2cc(-c3ccccc3)cc(-c3[c-]c(N(c4ccc(C(C)(C)c5ccccc5)cc4)c4ccccn4)cc(-c4ccccc4)c3)n2)c(O)c(C(C)(C)C)c1.[Pt]. The van der Waals surface area contributed by atoms with Crippen LogP contribution in [0.25, 0.3) is 44.8 Å². The van der Waals surface area contributed by atoms with E-state index in [0.29, 0.717) is 11.3 Å². The minimum atomic E-state index is -0.295. The topological polar surface area (TPSA) is 49.2 Å². The molecule has 0 aliphatic carbocycles. The fourth-order valence-electron chi connectivity index (χ4n) is 7.98. The molecular formula is C57H54N3OPt-. The number of benzene rings is 6. The van der Waals surface area contributed by atoms with E-state index in [0.717, 1.165) is 61.8 Å². The van der Waals surface area contributed by atoms with Crippen LogP contribution < -0.4 is 4.90 Å². The Balaban J connectivity index is 0.00000578. The molecule has 0 saturated carbocycles. The third-order valence-corrected chi connectivity index (χ3v) is 11.7. The zero-order valence-electron chi connectivity index (χ0n) is 36.8. The number of aromatic nitrogens is 2. The van der Waals surface area contributed by atoms with Crippen molar-refractivity contribution in [3.63, 3.8) is 0 Å². The molecule has 2 aromatic heterocycles. The van der Waals surface area contributed by atoms with Crippen LogP contribution in [-0.4, -0.2) is 15.1 Å². The van der Waals surface area contributed by atoms with Crippen LogP contribution in [0.15, 0.2) is 176 Å². The van der Waals surface area contributed by atoms with Crippen molar-refractivity contribution in [3.05, 3.63) is 204 Å². The maximum Gasteiger partial charge on any atom is 0.136 e. The molecule has 8 aromatic rings. The Morgan fingerprint density at radius 2 is 1.05 bits per heavy atom. The Bertz CT molecular complexity index is 2770. The van der Waals surface area contributed by atoms with Gasteiger partial charge in [-0.05, 0) is 92.0 Å². The fourth-order valence-corrected chi connectivity index (χ4v) is 7.98. The quantitative estimate of drug-likeness (QED) is 0.146. The normalized spacial score (nSPS) is 11.8. The molecule has 0 aliphatic heterocycles. The second kappa shape index (κ2) is 17.7. The van der Waals surface area contributed by atoms with Crippen LogP contribution >= 0.6 is 0 Å². The molecule has 0 radical (unpaired) electrons. The first-order valence-corrected chi connectivity index (χ1v) is 21.1. The second-order valence-corrected chi connectivity index (χ2v) is 18.5. The molecule has 314 valence electrons. The third kappa shape index (κ3) is 9.22. The van der Waals surface area contributed by atoms with E-state index in [1.54, 1.807) is 0 Å². The van der Waals surface area contributed by atoms with Crippen LogP contribution in [0.5, 0.6) is 5.75 Å². The third-order valence-electron chi connectivity index (χ3n) is 11.7. The summed E-state index contributed by atoms with van der Waals surface area (Å²) in [4.78, 5) is 12.5. The molecule has 8 rings (SSSR count). The standard InChI is InChI=1S/C57H54N3O.Pt/c1-55(2,3)46-37-49(54(61)50(38-46)56(4,5)6)52-36-42(40-22-14-10-15-23-40)35-51(59-52)43-32-41(39-20-12-9-13-21-39)33-48(34-43)60(53-26-18-19-31-58-53)47-29-27-45(28-30-47)57(7,8)44-24-16-11-17-25-44;/h9-33,35-38,61H,1-8H3;/q-1;. The van der Waals surface area contributed by atoms with Gasteiger partial charge < -0.3 is 10.0 Å². The van der Waals surface area contributed by atoms with Gasteiger partial charge >= 0.3 is 0 Å². The molecule has 0 aliphatic rings. The summed E-state index contributed by atoms with van der Waals surface area (Å²) in [5, 5.41) is 12.1. The summed E-state index contributed by atoms with van der Waals surface area (Å²) < 4.78 is 0. The summed E-state index contributed by atoms with van der Waals surface area (Å²) in [6.07, 6.45) is 1.83. The molecule has 2 heterocycles. The van der Waals surface area contributed by atoms with Gasteiger partial charge in [-0.25, -0.2) is 4.98 Å². The summed E-state index contributed by atoms with van der Waals surface area (Å²) in [5.74, 6) is 1.03. The van der Waals surface area contributed by atoms with Crippen LogP contribution in [0.4, 0.5) is 17.2 Å². The predicted molar refractivity (Wildman–Crippen MR) is 255 cm³/mol. The van der Waals surface area contributed by atoms with Gasteiger partial charge in [0.1, 0.15) is 11.6 Å². The molecule has 62 heavy (non-hydrogen) atoms. The second-order valence-electron chi connectivity index (χ2n) is 18.5. The smallest absolute Gasteiger partial charge is 0.136 e. The van der Waals surface area contributed by atoms with Crippen LogP contribution in [0.2, 0.25) is 0 Å². The minimum Gasteiger partial charge on any atom is -0.507 e. The molecule has 1 N–H and O–H groups in total. The van der Waals surface area contributed by atoms with E-state index in [1.165, 1.54) is 11.1 Å². The number of pyridine rings is 2. The van der Waals surface area contributed by atoms with Gasteiger partial charge in [-0.15, -0.1) is 23.8 Å². The molecule has 0 spiro atoms. The monoisotopic (exact) mass is 991 g/mol. The van der Waals surface area contributed by atoms with E-state index >= 15 is 0 Å². The van der Waals surface area contributed by atoms with Gasteiger partial charge in [0.2, 0.25) is 0 Å². The largest absolute Gasteiger partial charge is 0.507 e. The Hall–Kier alpha value is -6.09. The van der Waals surface area contributed by atoms with Crippen molar-refractivity contribution in [2.45, 2.75) is 71.6 Å². The molecule has 0 saturated heterocycles. The molecule has 0 unspecified atom stereocenters. The van der Waals surface area contributed by atoms with E-state index in [4.69, 9.17) is 9.97 Å². The fraction of sp³-hybridized carbons (Fsp3) is 0.193. The van der Waals surface area contributed by atoms with Crippen molar-refractivity contribution in [1.82, 2.24) is 9.97 Å². The number of anilines is 3.